The molecule has 4 rings (SSSR count). The third-order valence-electron chi connectivity index (χ3n) is 5.36. The van der Waals surface area contributed by atoms with Crippen LogP contribution >= 0.6 is 0 Å². The molecule has 2 aliphatic rings. The molecule has 0 unspecified atom stereocenters. The van der Waals surface area contributed by atoms with Crippen LogP contribution in [0.25, 0.3) is 10.6 Å². The Morgan fingerprint density at radius 3 is 1.07 bits per heavy atom. The van der Waals surface area contributed by atoms with Crippen molar-refractivity contribution in [3.8, 4) is 23.7 Å². The van der Waals surface area contributed by atoms with Gasteiger partial charge in [-0.3, -0.25) is 0 Å². The third kappa shape index (κ3) is 27.9. The fraction of sp³-hybridized carbons (Fsp3) is 0.526. The minimum atomic E-state index is 0. The molecule has 2 saturated heterocycles. The topological polar surface area (TPSA) is 71.4 Å². The van der Waals surface area contributed by atoms with Crippen molar-refractivity contribution >= 4 is 11.7 Å². The number of nitrogens with zero attached hydrogens (tertiary/aromatic N) is 4. The Labute approximate surface area is 305 Å². The van der Waals surface area contributed by atoms with Gasteiger partial charge in [0.15, 0.2) is 0 Å². The molecule has 0 amide bonds. The van der Waals surface area contributed by atoms with Gasteiger partial charge < -0.3 is 30.1 Å². The fourth-order valence-electron chi connectivity index (χ4n) is 3.49. The van der Waals surface area contributed by atoms with E-state index in [0.717, 1.165) is 37.6 Å². The molecule has 2 heterocycles. The molecule has 0 saturated carbocycles. The Balaban J connectivity index is 0. The van der Waals surface area contributed by atoms with E-state index < -0.39 is 0 Å². The van der Waals surface area contributed by atoms with Gasteiger partial charge in [-0.2, -0.15) is 0 Å². The monoisotopic (exact) mass is 612 g/mol. The van der Waals surface area contributed by atoms with Gasteiger partial charge in [0.05, 0.1) is 0 Å². The van der Waals surface area contributed by atoms with Crippen LogP contribution in [0.3, 0.4) is 0 Å². The third-order valence-corrected chi connectivity index (χ3v) is 5.36. The molecule has 0 N–H and O–H groups in total. The molecule has 0 bridgehead atoms. The Morgan fingerprint density at radius 2 is 0.848 bits per heavy atom. The summed E-state index contributed by atoms with van der Waals surface area (Å²) in [6.45, 7) is 20.2. The molecule has 2 aromatic rings. The van der Waals surface area contributed by atoms with Crippen molar-refractivity contribution < 1.29 is 47.2 Å². The van der Waals surface area contributed by atoms with Crippen molar-refractivity contribution in [2.24, 2.45) is 9.98 Å². The van der Waals surface area contributed by atoms with E-state index in [2.05, 4.69) is 44.3 Å². The molecule has 0 radical (unpaired) electrons. The van der Waals surface area contributed by atoms with Crippen LogP contribution < -0.4 is 37.7 Å². The van der Waals surface area contributed by atoms with E-state index in [-0.39, 0.29) is 61.9 Å². The van der Waals surface area contributed by atoms with E-state index in [0.29, 0.717) is 11.7 Å². The van der Waals surface area contributed by atoms with E-state index in [1.807, 2.05) is 116 Å². The summed E-state index contributed by atoms with van der Waals surface area (Å²) in [7, 11) is 0. The summed E-state index contributed by atoms with van der Waals surface area (Å²) in [6, 6.07) is 20.7. The Morgan fingerprint density at radius 1 is 0.543 bits per heavy atom. The van der Waals surface area contributed by atoms with Crippen LogP contribution in [0.2, 0.25) is 0 Å². The fourth-order valence-corrected chi connectivity index (χ4v) is 3.49. The standard InChI is InChI=1S/2C15H19N2.2C4H8O.2Li/c2*1-12(2)16-15(17-13(3)4)11-10-14-8-6-5-7-9-14;2*1-2-4-5-3-1;;/h2*5-9,12-13H,1-4H3;2*1-4H2;;/q2*-1;;;2*+1. The van der Waals surface area contributed by atoms with Crippen LogP contribution in [0.4, 0.5) is 0 Å². The molecule has 0 atom stereocenters. The first kappa shape index (κ1) is 45.7. The average Bonchev–Trinajstić information content (AvgIpc) is 3.75. The van der Waals surface area contributed by atoms with Gasteiger partial charge in [0, 0.05) is 37.6 Å². The van der Waals surface area contributed by atoms with Gasteiger partial charge in [0.1, 0.15) is 0 Å². The molecule has 2 aliphatic heterocycles. The molecule has 46 heavy (non-hydrogen) atoms. The largest absolute Gasteiger partial charge is 1.00 e. The summed E-state index contributed by atoms with van der Waals surface area (Å²) in [4.78, 5) is 8.82. The smallest absolute Gasteiger partial charge is 0.456 e. The van der Waals surface area contributed by atoms with Gasteiger partial charge in [0.25, 0.3) is 0 Å². The minimum absolute atomic E-state index is 0. The first-order valence-electron chi connectivity index (χ1n) is 16.0. The minimum Gasteiger partial charge on any atom is -0.456 e. The number of hydrogen-bond donors (Lipinski definition) is 0. The van der Waals surface area contributed by atoms with Gasteiger partial charge in [-0.15, -0.1) is 0 Å². The van der Waals surface area contributed by atoms with Crippen LogP contribution in [-0.4, -0.2) is 62.3 Å². The van der Waals surface area contributed by atoms with Crippen molar-refractivity contribution in [1.82, 2.24) is 0 Å². The first-order valence-corrected chi connectivity index (χ1v) is 16.0. The zero-order valence-electron chi connectivity index (χ0n) is 30.3. The maximum Gasteiger partial charge on any atom is 1.00 e. The predicted octanol–water partition coefficient (Wildman–Crippen LogP) is 2.86. The van der Waals surface area contributed by atoms with E-state index in [9.17, 15) is 0 Å². The van der Waals surface area contributed by atoms with Crippen molar-refractivity contribution in [3.63, 3.8) is 0 Å². The number of benzene rings is 2. The molecular formula is C38H54Li2N4O2. The molecule has 6 nitrogen and oxygen atoms in total. The van der Waals surface area contributed by atoms with Crippen LogP contribution in [0.15, 0.2) is 70.6 Å². The van der Waals surface area contributed by atoms with Crippen molar-refractivity contribution in [1.29, 1.82) is 0 Å². The Bertz CT molecular complexity index is 1070. The number of hydrogen-bond acceptors (Lipinski definition) is 4. The summed E-state index contributed by atoms with van der Waals surface area (Å²) in [6.07, 6.45) is 5.11. The molecular weight excluding hydrogens is 558 g/mol. The molecule has 240 valence electrons. The number of rotatable bonds is 4. The van der Waals surface area contributed by atoms with E-state index >= 15 is 0 Å². The SMILES string of the molecule is C1CCOC1.C1CCOC1.CC(C)N=C(C#Cc1ccccc1)[N-]C(C)C.CC(C)N=C(C#Cc1ccccc1)[N-]C(C)C.[Li+].[Li+]. The van der Waals surface area contributed by atoms with E-state index in [1.165, 1.54) is 25.7 Å². The maximum absolute atomic E-state index is 4.94. The van der Waals surface area contributed by atoms with Crippen LogP contribution in [0, 0.1) is 23.7 Å². The number of ether oxygens (including phenoxy) is 2. The quantitative estimate of drug-likeness (QED) is 0.231. The molecule has 0 aromatic heterocycles. The number of aliphatic imine (C=N–C) groups is 2. The first-order chi connectivity index (χ1) is 21.2. The van der Waals surface area contributed by atoms with Crippen LogP contribution in [0.5, 0.6) is 0 Å². The molecule has 0 aliphatic carbocycles. The summed E-state index contributed by atoms with van der Waals surface area (Å²) >= 11 is 0. The van der Waals surface area contributed by atoms with Gasteiger partial charge in [-0.1, -0.05) is 115 Å². The Kier molecular flexibility index (Phi) is 29.8. The summed E-state index contributed by atoms with van der Waals surface area (Å²) in [5.74, 6) is 13.5. The zero-order chi connectivity index (χ0) is 32.4. The van der Waals surface area contributed by atoms with E-state index in [1.54, 1.807) is 0 Å². The normalized spacial score (nSPS) is 13.6. The van der Waals surface area contributed by atoms with Crippen molar-refractivity contribution in [2.75, 3.05) is 26.4 Å². The second-order valence-corrected chi connectivity index (χ2v) is 11.4. The van der Waals surface area contributed by atoms with Crippen molar-refractivity contribution in [2.45, 2.75) is 105 Å². The van der Waals surface area contributed by atoms with Crippen molar-refractivity contribution in [3.05, 3.63) is 82.4 Å². The second-order valence-electron chi connectivity index (χ2n) is 11.4. The molecule has 2 fully saturated rings. The van der Waals surface area contributed by atoms with Gasteiger partial charge >= 0.3 is 37.7 Å². The average molecular weight is 613 g/mol. The molecule has 0 spiro atoms. The number of amidine groups is 2. The predicted molar refractivity (Wildman–Crippen MR) is 189 cm³/mol. The second kappa shape index (κ2) is 30.0. The van der Waals surface area contributed by atoms with Crippen LogP contribution in [0.1, 0.15) is 92.2 Å². The molecule has 8 heteroatoms. The maximum atomic E-state index is 4.94. The molecule has 2 aromatic carbocycles. The van der Waals surface area contributed by atoms with Crippen LogP contribution in [-0.2, 0) is 9.47 Å². The van der Waals surface area contributed by atoms with Gasteiger partial charge in [0.2, 0.25) is 0 Å². The summed E-state index contributed by atoms with van der Waals surface area (Å²) in [5, 5.41) is 8.82. The summed E-state index contributed by atoms with van der Waals surface area (Å²) < 4.78 is 9.89. The zero-order valence-corrected chi connectivity index (χ0v) is 30.3. The summed E-state index contributed by atoms with van der Waals surface area (Å²) in [5.41, 5.74) is 1.98. The van der Waals surface area contributed by atoms with Gasteiger partial charge in [-0.05, 0) is 85.8 Å². The van der Waals surface area contributed by atoms with Gasteiger partial charge in [-0.25, -0.2) is 0 Å². The Hall–Kier alpha value is -2.39. The van der Waals surface area contributed by atoms with E-state index in [4.69, 9.17) is 9.47 Å².